The van der Waals surface area contributed by atoms with Crippen LogP contribution in [-0.4, -0.2) is 19.1 Å². The second-order valence-electron chi connectivity index (χ2n) is 3.88. The predicted octanol–water partition coefficient (Wildman–Crippen LogP) is 1.90. The van der Waals surface area contributed by atoms with Gasteiger partial charge in [0.2, 0.25) is 0 Å². The molecule has 1 N–H and O–H groups in total. The highest BCUT2D eigenvalue weighted by Gasteiger charge is 2.24. The zero-order valence-electron chi connectivity index (χ0n) is 9.04. The Balaban J connectivity index is 2.22. The number of aryl methyl sites for hydroxylation is 1. The number of carbonyl (C=O) groups is 1. The summed E-state index contributed by atoms with van der Waals surface area (Å²) in [5, 5.41) is 2.60. The average molecular weight is 205 g/mol. The highest BCUT2D eigenvalue weighted by Crippen LogP contribution is 2.29. The maximum atomic E-state index is 11.4. The number of rotatable bonds is 3. The van der Waals surface area contributed by atoms with Crippen molar-refractivity contribution >= 4 is 5.91 Å². The normalized spacial score (nSPS) is 14.8. The van der Waals surface area contributed by atoms with Crippen LogP contribution in [0.3, 0.4) is 0 Å². The quantitative estimate of drug-likeness (QED) is 0.818. The van der Waals surface area contributed by atoms with E-state index in [0.717, 1.165) is 24.2 Å². The third-order valence-electron chi connectivity index (χ3n) is 2.50. The van der Waals surface area contributed by atoms with Crippen molar-refractivity contribution in [3.8, 4) is 5.75 Å². The molecule has 1 aliphatic rings. The fraction of sp³-hybridized carbons (Fsp3) is 0.417. The number of carbonyl (C=O) groups excluding carboxylic acids is 1. The fourth-order valence-electron chi connectivity index (χ4n) is 1.38. The molecule has 0 heterocycles. The minimum atomic E-state index is -0.0735. The van der Waals surface area contributed by atoms with Gasteiger partial charge < -0.3 is 10.1 Å². The van der Waals surface area contributed by atoms with E-state index in [2.05, 4.69) is 5.32 Å². The van der Waals surface area contributed by atoms with Crippen LogP contribution in [0.25, 0.3) is 0 Å². The Morgan fingerprint density at radius 3 is 2.80 bits per heavy atom. The van der Waals surface area contributed by atoms with Crippen LogP contribution in [0.4, 0.5) is 0 Å². The van der Waals surface area contributed by atoms with Gasteiger partial charge in [-0.15, -0.1) is 0 Å². The SMILES string of the molecule is CNC(=O)c1ccc(C)c(OC2CC2)c1. The van der Waals surface area contributed by atoms with Crippen LogP contribution >= 0.6 is 0 Å². The van der Waals surface area contributed by atoms with Crippen molar-refractivity contribution in [3.05, 3.63) is 29.3 Å². The van der Waals surface area contributed by atoms with E-state index in [-0.39, 0.29) is 5.91 Å². The summed E-state index contributed by atoms with van der Waals surface area (Å²) in [6.45, 7) is 1.99. The molecule has 1 amide bonds. The van der Waals surface area contributed by atoms with Crippen LogP contribution in [-0.2, 0) is 0 Å². The van der Waals surface area contributed by atoms with E-state index < -0.39 is 0 Å². The summed E-state index contributed by atoms with van der Waals surface area (Å²) in [5.41, 5.74) is 1.73. The molecule has 1 aromatic carbocycles. The Morgan fingerprint density at radius 1 is 1.47 bits per heavy atom. The molecule has 0 unspecified atom stereocenters. The van der Waals surface area contributed by atoms with Crippen LogP contribution < -0.4 is 10.1 Å². The van der Waals surface area contributed by atoms with Crippen molar-refractivity contribution in [1.29, 1.82) is 0 Å². The van der Waals surface area contributed by atoms with E-state index in [9.17, 15) is 4.79 Å². The Morgan fingerprint density at radius 2 is 2.20 bits per heavy atom. The predicted molar refractivity (Wildman–Crippen MR) is 58.2 cm³/mol. The van der Waals surface area contributed by atoms with Gasteiger partial charge >= 0.3 is 0 Å². The zero-order valence-corrected chi connectivity index (χ0v) is 9.04. The third-order valence-corrected chi connectivity index (χ3v) is 2.50. The van der Waals surface area contributed by atoms with E-state index in [1.54, 1.807) is 7.05 Å². The molecule has 1 saturated carbocycles. The maximum absolute atomic E-state index is 11.4. The summed E-state index contributed by atoms with van der Waals surface area (Å²) in [7, 11) is 1.63. The Labute approximate surface area is 89.4 Å². The number of hydrogen-bond acceptors (Lipinski definition) is 2. The molecule has 1 aliphatic carbocycles. The molecule has 0 aromatic heterocycles. The van der Waals surface area contributed by atoms with Gasteiger partial charge in [-0.1, -0.05) is 6.07 Å². The van der Waals surface area contributed by atoms with E-state index in [1.807, 2.05) is 25.1 Å². The molecule has 0 spiro atoms. The number of ether oxygens (including phenoxy) is 1. The molecule has 0 saturated heterocycles. The second-order valence-corrected chi connectivity index (χ2v) is 3.88. The van der Waals surface area contributed by atoms with Gasteiger partial charge in [0, 0.05) is 12.6 Å². The Hall–Kier alpha value is -1.51. The fourth-order valence-corrected chi connectivity index (χ4v) is 1.38. The first-order valence-electron chi connectivity index (χ1n) is 5.20. The lowest BCUT2D eigenvalue weighted by atomic mass is 10.1. The Bertz CT molecular complexity index is 383. The number of nitrogens with one attached hydrogen (secondary N) is 1. The van der Waals surface area contributed by atoms with Gasteiger partial charge in [0.05, 0.1) is 6.10 Å². The van der Waals surface area contributed by atoms with Crippen molar-refractivity contribution in [2.45, 2.75) is 25.9 Å². The van der Waals surface area contributed by atoms with E-state index in [0.29, 0.717) is 11.7 Å². The first-order valence-corrected chi connectivity index (χ1v) is 5.20. The van der Waals surface area contributed by atoms with Crippen LogP contribution in [0.1, 0.15) is 28.8 Å². The molecular weight excluding hydrogens is 190 g/mol. The van der Waals surface area contributed by atoms with Crippen LogP contribution in [0, 0.1) is 6.92 Å². The van der Waals surface area contributed by atoms with Crippen LogP contribution in [0.15, 0.2) is 18.2 Å². The van der Waals surface area contributed by atoms with Gasteiger partial charge in [-0.3, -0.25) is 4.79 Å². The zero-order chi connectivity index (χ0) is 10.8. The molecule has 0 radical (unpaired) electrons. The maximum Gasteiger partial charge on any atom is 0.251 e. The van der Waals surface area contributed by atoms with E-state index >= 15 is 0 Å². The lowest BCUT2D eigenvalue weighted by Gasteiger charge is -2.09. The standard InChI is InChI=1S/C12H15NO2/c1-8-3-4-9(12(14)13-2)7-11(8)15-10-5-6-10/h3-4,7,10H,5-6H2,1-2H3,(H,13,14). The van der Waals surface area contributed by atoms with Crippen molar-refractivity contribution in [2.75, 3.05) is 7.05 Å². The average Bonchev–Trinajstić information content (AvgIpc) is 3.04. The minimum absolute atomic E-state index is 0.0735. The molecule has 1 fully saturated rings. The summed E-state index contributed by atoms with van der Waals surface area (Å²) in [4.78, 5) is 11.4. The molecule has 1 aromatic rings. The summed E-state index contributed by atoms with van der Waals surface area (Å²) < 4.78 is 5.71. The third kappa shape index (κ3) is 2.29. The first kappa shape index (κ1) is 10.0. The van der Waals surface area contributed by atoms with Crippen molar-refractivity contribution in [1.82, 2.24) is 5.32 Å². The molecule has 0 atom stereocenters. The largest absolute Gasteiger partial charge is 0.490 e. The molecule has 0 aliphatic heterocycles. The highest BCUT2D eigenvalue weighted by atomic mass is 16.5. The van der Waals surface area contributed by atoms with Crippen molar-refractivity contribution in [2.24, 2.45) is 0 Å². The van der Waals surface area contributed by atoms with E-state index in [4.69, 9.17) is 4.74 Å². The lowest BCUT2D eigenvalue weighted by molar-refractivity contribution is 0.0962. The highest BCUT2D eigenvalue weighted by molar-refractivity contribution is 5.94. The minimum Gasteiger partial charge on any atom is -0.490 e. The molecule has 3 heteroatoms. The van der Waals surface area contributed by atoms with Crippen LogP contribution in [0.5, 0.6) is 5.75 Å². The van der Waals surface area contributed by atoms with Crippen molar-refractivity contribution < 1.29 is 9.53 Å². The van der Waals surface area contributed by atoms with Gasteiger partial charge in [0.1, 0.15) is 5.75 Å². The summed E-state index contributed by atoms with van der Waals surface area (Å²) in [6, 6.07) is 5.54. The smallest absolute Gasteiger partial charge is 0.251 e. The molecule has 3 nitrogen and oxygen atoms in total. The molecule has 80 valence electrons. The monoisotopic (exact) mass is 205 g/mol. The first-order chi connectivity index (χ1) is 7.20. The summed E-state index contributed by atoms with van der Waals surface area (Å²) in [6.07, 6.45) is 2.62. The molecular formula is C12H15NO2. The van der Waals surface area contributed by atoms with Gasteiger partial charge in [-0.05, 0) is 37.5 Å². The van der Waals surface area contributed by atoms with Gasteiger partial charge in [-0.25, -0.2) is 0 Å². The lowest BCUT2D eigenvalue weighted by Crippen LogP contribution is -2.17. The number of amides is 1. The number of hydrogen-bond donors (Lipinski definition) is 1. The molecule has 15 heavy (non-hydrogen) atoms. The summed E-state index contributed by atoms with van der Waals surface area (Å²) in [5.74, 6) is 0.759. The molecule has 2 rings (SSSR count). The van der Waals surface area contributed by atoms with Crippen LogP contribution in [0.2, 0.25) is 0 Å². The van der Waals surface area contributed by atoms with Gasteiger partial charge in [0.25, 0.3) is 5.91 Å². The topological polar surface area (TPSA) is 38.3 Å². The van der Waals surface area contributed by atoms with Gasteiger partial charge in [-0.2, -0.15) is 0 Å². The second kappa shape index (κ2) is 3.93. The van der Waals surface area contributed by atoms with E-state index in [1.165, 1.54) is 0 Å². The van der Waals surface area contributed by atoms with Crippen molar-refractivity contribution in [3.63, 3.8) is 0 Å². The number of benzene rings is 1. The van der Waals surface area contributed by atoms with Gasteiger partial charge in [0.15, 0.2) is 0 Å². The Kier molecular flexibility index (Phi) is 2.62. The molecule has 0 bridgehead atoms. The summed E-state index contributed by atoms with van der Waals surface area (Å²) >= 11 is 0.